The number of nitrogens with two attached hydrogens (primary N) is 1. The van der Waals surface area contributed by atoms with Crippen molar-refractivity contribution in [3.63, 3.8) is 0 Å². The molecule has 1 aliphatic heterocycles. The van der Waals surface area contributed by atoms with Crippen LogP contribution in [0.4, 0.5) is 10.5 Å². The van der Waals surface area contributed by atoms with Gasteiger partial charge in [-0.15, -0.1) is 0 Å². The van der Waals surface area contributed by atoms with E-state index in [1.54, 1.807) is 24.5 Å². The molecule has 3 amide bonds. The minimum absolute atomic E-state index is 0.187. The van der Waals surface area contributed by atoms with Crippen LogP contribution in [0.3, 0.4) is 0 Å². The van der Waals surface area contributed by atoms with Gasteiger partial charge in [-0.05, 0) is 35.9 Å². The number of nitrogens with zero attached hydrogens (tertiary/aromatic N) is 1. The molecular weight excluding hydrogens is 232 g/mol. The summed E-state index contributed by atoms with van der Waals surface area (Å²) >= 11 is 0. The van der Waals surface area contributed by atoms with E-state index < -0.39 is 6.03 Å². The van der Waals surface area contributed by atoms with E-state index in [0.717, 1.165) is 21.8 Å². The molecule has 0 bridgehead atoms. The molecule has 1 aliphatic rings. The summed E-state index contributed by atoms with van der Waals surface area (Å²) in [5.41, 5.74) is 7.40. The van der Waals surface area contributed by atoms with Crippen molar-refractivity contribution >= 4 is 17.6 Å². The van der Waals surface area contributed by atoms with Crippen LogP contribution in [0.2, 0.25) is 0 Å². The third-order valence-electron chi connectivity index (χ3n) is 2.94. The first-order valence-electron chi connectivity index (χ1n) is 5.46. The molecule has 0 spiro atoms. The molecule has 18 heavy (non-hydrogen) atoms. The summed E-state index contributed by atoms with van der Waals surface area (Å²) < 4.78 is 5.29. The zero-order valence-electron chi connectivity index (χ0n) is 9.42. The molecule has 90 valence electrons. The molecule has 2 heterocycles. The highest BCUT2D eigenvalue weighted by Gasteiger charge is 2.31. The Hall–Kier alpha value is -2.56. The maximum Gasteiger partial charge on any atom is 0.326 e. The molecule has 3 rings (SSSR count). The number of primary amides is 1. The Morgan fingerprint density at radius 3 is 2.83 bits per heavy atom. The summed E-state index contributed by atoms with van der Waals surface area (Å²) in [6.45, 7) is 0. The van der Waals surface area contributed by atoms with Crippen molar-refractivity contribution < 1.29 is 14.0 Å². The number of urea groups is 1. The molecule has 0 saturated carbocycles. The van der Waals surface area contributed by atoms with E-state index in [-0.39, 0.29) is 12.3 Å². The number of furan rings is 1. The van der Waals surface area contributed by atoms with Gasteiger partial charge in [-0.1, -0.05) is 0 Å². The summed E-state index contributed by atoms with van der Waals surface area (Å²) in [6, 6.07) is 8.24. The Balaban J connectivity index is 2.07. The molecule has 2 N–H and O–H groups in total. The second-order valence-electron chi connectivity index (χ2n) is 4.06. The first kappa shape index (κ1) is 10.6. The molecule has 0 radical (unpaired) electrons. The Morgan fingerprint density at radius 1 is 1.33 bits per heavy atom. The van der Waals surface area contributed by atoms with Crippen molar-refractivity contribution in [2.45, 2.75) is 6.42 Å². The molecule has 1 aromatic heterocycles. The fourth-order valence-corrected chi connectivity index (χ4v) is 2.16. The van der Waals surface area contributed by atoms with Crippen molar-refractivity contribution in [1.29, 1.82) is 0 Å². The van der Waals surface area contributed by atoms with Crippen molar-refractivity contribution in [3.05, 3.63) is 42.2 Å². The van der Waals surface area contributed by atoms with E-state index >= 15 is 0 Å². The number of hydrogen-bond donors (Lipinski definition) is 1. The van der Waals surface area contributed by atoms with Gasteiger partial charge in [0.05, 0.1) is 18.4 Å². The van der Waals surface area contributed by atoms with E-state index in [0.29, 0.717) is 5.69 Å². The van der Waals surface area contributed by atoms with Crippen LogP contribution in [-0.4, -0.2) is 11.9 Å². The van der Waals surface area contributed by atoms with Gasteiger partial charge < -0.3 is 10.2 Å². The van der Waals surface area contributed by atoms with Gasteiger partial charge in [0.25, 0.3) is 0 Å². The Bertz CT molecular complexity index is 632. The lowest BCUT2D eigenvalue weighted by Crippen LogP contribution is -2.38. The largest absolute Gasteiger partial charge is 0.464 e. The first-order chi connectivity index (χ1) is 8.66. The lowest BCUT2D eigenvalue weighted by molar-refractivity contribution is -0.116. The van der Waals surface area contributed by atoms with Crippen LogP contribution in [0.5, 0.6) is 0 Å². The summed E-state index contributed by atoms with van der Waals surface area (Å²) in [5.74, 6) is 0.428. The topological polar surface area (TPSA) is 76.5 Å². The second kappa shape index (κ2) is 3.73. The van der Waals surface area contributed by atoms with Crippen LogP contribution < -0.4 is 10.6 Å². The predicted molar refractivity (Wildman–Crippen MR) is 64.9 cm³/mol. The van der Waals surface area contributed by atoms with Crippen LogP contribution in [0.25, 0.3) is 11.3 Å². The van der Waals surface area contributed by atoms with Crippen LogP contribution in [0.15, 0.2) is 41.0 Å². The van der Waals surface area contributed by atoms with Gasteiger partial charge in [0, 0.05) is 5.56 Å². The normalized spacial score (nSPS) is 13.8. The number of benzene rings is 1. The minimum atomic E-state index is -0.746. The second-order valence-corrected chi connectivity index (χ2v) is 4.06. The quantitative estimate of drug-likeness (QED) is 0.829. The molecule has 0 saturated heterocycles. The molecule has 0 atom stereocenters. The maximum absolute atomic E-state index is 11.7. The predicted octanol–water partition coefficient (Wildman–Crippen LogP) is 1.91. The molecule has 0 fully saturated rings. The fourth-order valence-electron chi connectivity index (χ4n) is 2.16. The molecular formula is C13H10N2O3. The average molecular weight is 242 g/mol. The lowest BCUT2D eigenvalue weighted by Gasteiger charge is -2.11. The summed E-state index contributed by atoms with van der Waals surface area (Å²) in [5, 5.41) is 0. The maximum atomic E-state index is 11.7. The van der Waals surface area contributed by atoms with E-state index in [2.05, 4.69) is 0 Å². The molecule has 2 aromatic rings. The number of anilines is 1. The van der Waals surface area contributed by atoms with Gasteiger partial charge in [-0.2, -0.15) is 0 Å². The standard InChI is InChI=1S/C13H10N2O3/c14-13(17)15-10-4-3-8(11-2-1-5-18-11)6-9(10)7-12(15)16/h1-6H,7H2,(H2,14,17). The van der Waals surface area contributed by atoms with Crippen LogP contribution in [-0.2, 0) is 11.2 Å². The average Bonchev–Trinajstić information content (AvgIpc) is 2.92. The highest BCUT2D eigenvalue weighted by Crippen LogP contribution is 2.32. The van der Waals surface area contributed by atoms with Crippen molar-refractivity contribution in [3.8, 4) is 11.3 Å². The van der Waals surface area contributed by atoms with E-state index in [1.165, 1.54) is 0 Å². The summed E-state index contributed by atoms with van der Waals surface area (Å²) in [4.78, 5) is 23.9. The van der Waals surface area contributed by atoms with Gasteiger partial charge in [0.1, 0.15) is 5.76 Å². The van der Waals surface area contributed by atoms with Gasteiger partial charge in [-0.25, -0.2) is 9.69 Å². The number of imide groups is 1. The first-order valence-corrected chi connectivity index (χ1v) is 5.46. The Labute approximate surface area is 103 Å². The van der Waals surface area contributed by atoms with E-state index in [9.17, 15) is 9.59 Å². The Morgan fingerprint density at radius 2 is 2.17 bits per heavy atom. The van der Waals surface area contributed by atoms with E-state index in [1.807, 2.05) is 12.1 Å². The highest BCUT2D eigenvalue weighted by molar-refractivity contribution is 6.18. The summed E-state index contributed by atoms with van der Waals surface area (Å²) in [6.07, 6.45) is 1.77. The van der Waals surface area contributed by atoms with E-state index in [4.69, 9.17) is 10.2 Å². The van der Waals surface area contributed by atoms with Crippen molar-refractivity contribution in [2.75, 3.05) is 4.90 Å². The molecule has 0 unspecified atom stereocenters. The summed E-state index contributed by atoms with van der Waals surface area (Å²) in [7, 11) is 0. The van der Waals surface area contributed by atoms with Crippen molar-refractivity contribution in [2.24, 2.45) is 5.73 Å². The number of rotatable bonds is 1. The van der Waals surface area contributed by atoms with Crippen molar-refractivity contribution in [1.82, 2.24) is 0 Å². The smallest absolute Gasteiger partial charge is 0.326 e. The number of carbonyl (C=O) groups excluding carboxylic acids is 2. The molecule has 1 aromatic carbocycles. The third kappa shape index (κ3) is 1.48. The minimum Gasteiger partial charge on any atom is -0.464 e. The zero-order valence-corrected chi connectivity index (χ0v) is 9.42. The lowest BCUT2D eigenvalue weighted by atomic mass is 10.1. The zero-order chi connectivity index (χ0) is 12.7. The van der Waals surface area contributed by atoms with Gasteiger partial charge in [0.2, 0.25) is 5.91 Å². The van der Waals surface area contributed by atoms with Gasteiger partial charge >= 0.3 is 6.03 Å². The molecule has 0 aliphatic carbocycles. The van der Waals surface area contributed by atoms with Gasteiger partial charge in [-0.3, -0.25) is 4.79 Å². The molecule has 5 nitrogen and oxygen atoms in total. The molecule has 5 heteroatoms. The number of fused-ring (bicyclic) bond motifs is 1. The Kier molecular flexibility index (Phi) is 2.19. The van der Waals surface area contributed by atoms with Crippen LogP contribution in [0, 0.1) is 0 Å². The SMILES string of the molecule is NC(=O)N1C(=O)Cc2cc(-c3ccco3)ccc21. The monoisotopic (exact) mass is 242 g/mol. The number of carbonyl (C=O) groups is 2. The van der Waals surface area contributed by atoms with Gasteiger partial charge in [0.15, 0.2) is 0 Å². The third-order valence-corrected chi connectivity index (χ3v) is 2.94. The number of hydrogen-bond acceptors (Lipinski definition) is 3. The fraction of sp³-hybridized carbons (Fsp3) is 0.0769. The number of amides is 3. The van der Waals surface area contributed by atoms with Crippen LogP contribution >= 0.6 is 0 Å². The highest BCUT2D eigenvalue weighted by atomic mass is 16.3. The van der Waals surface area contributed by atoms with Crippen LogP contribution in [0.1, 0.15) is 5.56 Å².